The summed E-state index contributed by atoms with van der Waals surface area (Å²) < 4.78 is 5.53. The fourth-order valence-corrected chi connectivity index (χ4v) is 1.67. The minimum atomic E-state index is 0.263. The predicted molar refractivity (Wildman–Crippen MR) is 82.9 cm³/mol. The Hall–Kier alpha value is -1.20. The van der Waals surface area contributed by atoms with Crippen molar-refractivity contribution in [2.45, 2.75) is 40.3 Å². The van der Waals surface area contributed by atoms with Gasteiger partial charge in [0.25, 0.3) is 0 Å². The molecular formula is C15H28N4O. The third-order valence-corrected chi connectivity index (χ3v) is 2.79. The Kier molecular flexibility index (Phi) is 7.47. The van der Waals surface area contributed by atoms with Gasteiger partial charge in [0.1, 0.15) is 0 Å². The second-order valence-corrected chi connectivity index (χ2v) is 5.76. The number of nitrogens with zero attached hydrogens (tertiary/aromatic N) is 3. The van der Waals surface area contributed by atoms with Crippen LogP contribution in [0.3, 0.4) is 0 Å². The molecule has 1 N–H and O–H groups in total. The van der Waals surface area contributed by atoms with Crippen molar-refractivity contribution in [2.24, 2.45) is 5.92 Å². The van der Waals surface area contributed by atoms with Gasteiger partial charge in [0.2, 0.25) is 5.95 Å². The van der Waals surface area contributed by atoms with Gasteiger partial charge in [-0.25, -0.2) is 9.97 Å². The molecule has 114 valence electrons. The van der Waals surface area contributed by atoms with E-state index in [1.54, 1.807) is 0 Å². The van der Waals surface area contributed by atoms with E-state index >= 15 is 0 Å². The molecule has 0 aliphatic rings. The number of likely N-dealkylation sites (N-methyl/N-ethyl adjacent to an activating group) is 1. The average molecular weight is 280 g/mol. The fraction of sp³-hybridized carbons (Fsp3) is 0.733. The molecule has 0 saturated carbocycles. The lowest BCUT2D eigenvalue weighted by molar-refractivity contribution is 0.0844. The molecule has 0 radical (unpaired) electrons. The molecule has 0 fully saturated rings. The highest BCUT2D eigenvalue weighted by Crippen LogP contribution is 2.05. The van der Waals surface area contributed by atoms with Gasteiger partial charge in [0.05, 0.1) is 12.7 Å². The first-order valence-electron chi connectivity index (χ1n) is 7.33. The minimum Gasteiger partial charge on any atom is -0.377 e. The van der Waals surface area contributed by atoms with Crippen LogP contribution in [0.1, 0.15) is 33.3 Å². The first-order chi connectivity index (χ1) is 9.49. The maximum Gasteiger partial charge on any atom is 0.225 e. The number of anilines is 1. The lowest BCUT2D eigenvalue weighted by Crippen LogP contribution is -2.26. The van der Waals surface area contributed by atoms with Gasteiger partial charge in [-0.05, 0) is 26.3 Å². The molecule has 0 amide bonds. The van der Waals surface area contributed by atoms with Crippen molar-refractivity contribution < 1.29 is 4.74 Å². The number of aromatic nitrogens is 2. The molecule has 0 aromatic carbocycles. The lowest BCUT2D eigenvalue weighted by Gasteiger charge is -2.18. The number of hydrogen-bond donors (Lipinski definition) is 1. The van der Waals surface area contributed by atoms with E-state index < -0.39 is 0 Å². The predicted octanol–water partition coefficient (Wildman–Crippen LogP) is 2.08. The smallest absolute Gasteiger partial charge is 0.225 e. The molecule has 1 aromatic heterocycles. The van der Waals surface area contributed by atoms with Crippen LogP contribution in [0.5, 0.6) is 0 Å². The summed E-state index contributed by atoms with van der Waals surface area (Å²) in [4.78, 5) is 10.8. The minimum absolute atomic E-state index is 0.263. The zero-order valence-electron chi connectivity index (χ0n) is 13.4. The Morgan fingerprint density at radius 2 is 1.85 bits per heavy atom. The van der Waals surface area contributed by atoms with Crippen molar-refractivity contribution in [1.82, 2.24) is 15.3 Å². The van der Waals surface area contributed by atoms with Crippen LogP contribution in [0.15, 0.2) is 12.4 Å². The van der Waals surface area contributed by atoms with Crippen LogP contribution in [0.2, 0.25) is 0 Å². The molecule has 20 heavy (non-hydrogen) atoms. The third-order valence-electron chi connectivity index (χ3n) is 2.79. The maximum atomic E-state index is 5.53. The van der Waals surface area contributed by atoms with Gasteiger partial charge < -0.3 is 15.0 Å². The van der Waals surface area contributed by atoms with Gasteiger partial charge >= 0.3 is 0 Å². The normalized spacial score (nSPS) is 11.3. The highest BCUT2D eigenvalue weighted by molar-refractivity contribution is 5.28. The van der Waals surface area contributed by atoms with Crippen LogP contribution in [-0.2, 0) is 11.3 Å². The molecule has 0 unspecified atom stereocenters. The van der Waals surface area contributed by atoms with E-state index in [1.165, 1.54) is 0 Å². The lowest BCUT2D eigenvalue weighted by atomic mass is 10.2. The van der Waals surface area contributed by atoms with E-state index in [2.05, 4.69) is 29.1 Å². The first-order valence-corrected chi connectivity index (χ1v) is 7.33. The molecular weight excluding hydrogens is 252 g/mol. The number of hydrogen-bond acceptors (Lipinski definition) is 5. The van der Waals surface area contributed by atoms with Crippen LogP contribution < -0.4 is 10.2 Å². The summed E-state index contributed by atoms with van der Waals surface area (Å²) >= 11 is 0. The molecule has 0 spiro atoms. The summed E-state index contributed by atoms with van der Waals surface area (Å²) in [5.74, 6) is 1.40. The van der Waals surface area contributed by atoms with E-state index in [0.717, 1.165) is 31.1 Å². The van der Waals surface area contributed by atoms with Crippen LogP contribution in [-0.4, -0.2) is 42.8 Å². The second-order valence-electron chi connectivity index (χ2n) is 5.76. The molecule has 5 nitrogen and oxygen atoms in total. The van der Waals surface area contributed by atoms with E-state index in [1.807, 2.05) is 38.2 Å². The third kappa shape index (κ3) is 6.82. The zero-order valence-corrected chi connectivity index (χ0v) is 13.4. The Morgan fingerprint density at radius 3 is 2.40 bits per heavy atom. The van der Waals surface area contributed by atoms with Crippen LogP contribution in [0.25, 0.3) is 0 Å². The fourth-order valence-electron chi connectivity index (χ4n) is 1.67. The summed E-state index contributed by atoms with van der Waals surface area (Å²) in [5.41, 5.74) is 1.11. The topological polar surface area (TPSA) is 50.3 Å². The number of nitrogens with one attached hydrogen (secondary N) is 1. The van der Waals surface area contributed by atoms with Crippen molar-refractivity contribution in [3.8, 4) is 0 Å². The van der Waals surface area contributed by atoms with Crippen molar-refractivity contribution in [3.05, 3.63) is 18.0 Å². The summed E-state index contributed by atoms with van der Waals surface area (Å²) in [6, 6.07) is 0. The SMILES string of the molecule is CC(C)CNCc1cnc(N(C)CCOC(C)C)nc1. The zero-order chi connectivity index (χ0) is 15.0. The average Bonchev–Trinajstić information content (AvgIpc) is 2.38. The van der Waals surface area contributed by atoms with Gasteiger partial charge in [-0.15, -0.1) is 0 Å². The van der Waals surface area contributed by atoms with E-state index in [9.17, 15) is 0 Å². The van der Waals surface area contributed by atoms with Gasteiger partial charge in [-0.1, -0.05) is 13.8 Å². The Bertz CT molecular complexity index is 365. The van der Waals surface area contributed by atoms with Gasteiger partial charge in [-0.2, -0.15) is 0 Å². The van der Waals surface area contributed by atoms with E-state index in [0.29, 0.717) is 12.5 Å². The van der Waals surface area contributed by atoms with E-state index in [-0.39, 0.29) is 6.10 Å². The van der Waals surface area contributed by atoms with Crippen LogP contribution >= 0.6 is 0 Å². The van der Waals surface area contributed by atoms with Crippen LogP contribution in [0.4, 0.5) is 5.95 Å². The summed E-state index contributed by atoms with van der Waals surface area (Å²) in [6.07, 6.45) is 4.03. The highest BCUT2D eigenvalue weighted by Gasteiger charge is 2.05. The van der Waals surface area contributed by atoms with Crippen LogP contribution in [0, 0.1) is 5.92 Å². The van der Waals surface area contributed by atoms with Gasteiger partial charge in [0, 0.05) is 38.1 Å². The molecule has 1 heterocycles. The largest absolute Gasteiger partial charge is 0.377 e. The monoisotopic (exact) mass is 280 g/mol. The molecule has 5 heteroatoms. The van der Waals surface area contributed by atoms with Crippen molar-refractivity contribution in [3.63, 3.8) is 0 Å². The molecule has 0 atom stereocenters. The number of ether oxygens (including phenoxy) is 1. The Morgan fingerprint density at radius 1 is 1.20 bits per heavy atom. The van der Waals surface area contributed by atoms with Crippen molar-refractivity contribution >= 4 is 5.95 Å². The second kappa shape index (κ2) is 8.87. The molecule has 0 aliphatic carbocycles. The molecule has 1 rings (SSSR count). The Balaban J connectivity index is 2.37. The standard InChI is InChI=1S/C15H28N4O/c1-12(2)8-16-9-14-10-17-15(18-11-14)19(5)6-7-20-13(3)4/h10-13,16H,6-9H2,1-5H3. The van der Waals surface area contributed by atoms with Gasteiger partial charge in [0.15, 0.2) is 0 Å². The first kappa shape index (κ1) is 16.9. The van der Waals surface area contributed by atoms with E-state index in [4.69, 9.17) is 4.74 Å². The summed E-state index contributed by atoms with van der Waals surface area (Å²) in [6.45, 7) is 11.8. The maximum absolute atomic E-state index is 5.53. The Labute approximate surface area is 122 Å². The quantitative estimate of drug-likeness (QED) is 0.750. The summed E-state index contributed by atoms with van der Waals surface area (Å²) in [5, 5.41) is 3.38. The molecule has 0 aliphatic heterocycles. The molecule has 0 bridgehead atoms. The van der Waals surface area contributed by atoms with Crippen molar-refractivity contribution in [1.29, 1.82) is 0 Å². The highest BCUT2D eigenvalue weighted by atomic mass is 16.5. The molecule has 0 saturated heterocycles. The molecule has 1 aromatic rings. The number of rotatable bonds is 9. The van der Waals surface area contributed by atoms with Crippen molar-refractivity contribution in [2.75, 3.05) is 31.6 Å². The summed E-state index contributed by atoms with van der Waals surface area (Å²) in [7, 11) is 1.98. The van der Waals surface area contributed by atoms with Gasteiger partial charge in [-0.3, -0.25) is 0 Å².